The molecule has 0 aliphatic carbocycles. The van der Waals surface area contributed by atoms with Crippen LogP contribution in [0, 0.1) is 6.92 Å². The first-order valence-corrected chi connectivity index (χ1v) is 5.29. The van der Waals surface area contributed by atoms with Crippen molar-refractivity contribution in [3.8, 4) is 0 Å². The van der Waals surface area contributed by atoms with Crippen molar-refractivity contribution in [2.45, 2.75) is 13.8 Å². The lowest BCUT2D eigenvalue weighted by atomic mass is 10.1. The van der Waals surface area contributed by atoms with Gasteiger partial charge in [-0.25, -0.2) is 0 Å². The van der Waals surface area contributed by atoms with E-state index in [1.165, 1.54) is 20.3 Å². The minimum atomic E-state index is -0.141. The summed E-state index contributed by atoms with van der Waals surface area (Å²) >= 11 is 0. The van der Waals surface area contributed by atoms with Gasteiger partial charge in [-0.15, -0.1) is 0 Å². The Kier molecular flexibility index (Phi) is 5.23. The highest BCUT2D eigenvalue weighted by atomic mass is 16.7. The Morgan fingerprint density at radius 3 is 2.53 bits per heavy atom. The van der Waals surface area contributed by atoms with Crippen LogP contribution in [0.3, 0.4) is 0 Å². The molecule has 1 aromatic rings. The predicted octanol–water partition coefficient (Wildman–Crippen LogP) is 2.05. The summed E-state index contributed by atoms with van der Waals surface area (Å²) in [6.07, 6.45) is 1.48. The second kappa shape index (κ2) is 6.70. The predicted molar refractivity (Wildman–Crippen MR) is 65.9 cm³/mol. The first kappa shape index (κ1) is 13.3. The molecule has 1 N–H and O–H groups in total. The third-order valence-electron chi connectivity index (χ3n) is 2.06. The van der Waals surface area contributed by atoms with Crippen molar-refractivity contribution >= 4 is 11.6 Å². The second-order valence-corrected chi connectivity index (χ2v) is 3.65. The molecule has 4 heteroatoms. The van der Waals surface area contributed by atoms with Crippen LogP contribution in [0.4, 0.5) is 0 Å². The van der Waals surface area contributed by atoms with Gasteiger partial charge in [0.05, 0.1) is 5.70 Å². The molecule has 0 heterocycles. The number of carbonyl (C=O) groups is 1. The highest BCUT2D eigenvalue weighted by molar-refractivity contribution is 5.84. The summed E-state index contributed by atoms with van der Waals surface area (Å²) in [5, 5.41) is 2.72. The number of rotatable bonds is 5. The molecule has 0 fully saturated rings. The summed E-state index contributed by atoms with van der Waals surface area (Å²) in [5.41, 5.74) is 2.67. The number of benzene rings is 1. The number of ether oxygens (including phenoxy) is 2. The highest BCUT2D eigenvalue weighted by Crippen LogP contribution is 2.12. The third-order valence-corrected chi connectivity index (χ3v) is 2.06. The Balaban J connectivity index is 2.85. The molecule has 4 nitrogen and oxygen atoms in total. The van der Waals surface area contributed by atoms with Crippen molar-refractivity contribution < 1.29 is 14.3 Å². The molecule has 17 heavy (non-hydrogen) atoms. The largest absolute Gasteiger partial charge is 0.473 e. The van der Waals surface area contributed by atoms with E-state index < -0.39 is 0 Å². The summed E-state index contributed by atoms with van der Waals surface area (Å²) in [6.45, 7) is 3.61. The number of methoxy groups -OCH3 is 1. The smallest absolute Gasteiger partial charge is 0.221 e. The van der Waals surface area contributed by atoms with Gasteiger partial charge in [0.2, 0.25) is 5.91 Å². The topological polar surface area (TPSA) is 47.6 Å². The number of hydrogen-bond donors (Lipinski definition) is 1. The fourth-order valence-corrected chi connectivity index (χ4v) is 1.28. The molecule has 0 aromatic heterocycles. The maximum absolute atomic E-state index is 11.1. The van der Waals surface area contributed by atoms with Gasteiger partial charge in [-0.2, -0.15) is 0 Å². The first-order chi connectivity index (χ1) is 8.13. The van der Waals surface area contributed by atoms with Gasteiger partial charge in [-0.1, -0.05) is 29.8 Å². The minimum Gasteiger partial charge on any atom is -0.473 e. The van der Waals surface area contributed by atoms with Gasteiger partial charge >= 0.3 is 0 Å². The molecule has 0 radical (unpaired) electrons. The van der Waals surface area contributed by atoms with E-state index in [4.69, 9.17) is 9.47 Å². The van der Waals surface area contributed by atoms with Gasteiger partial charge in [0.15, 0.2) is 6.79 Å². The maximum Gasteiger partial charge on any atom is 0.221 e. The summed E-state index contributed by atoms with van der Waals surface area (Å²) in [7, 11) is 1.54. The summed E-state index contributed by atoms with van der Waals surface area (Å²) in [4.78, 5) is 11.1. The molecule has 0 saturated heterocycles. The summed E-state index contributed by atoms with van der Waals surface area (Å²) < 4.78 is 9.90. The molecule has 0 spiro atoms. The first-order valence-electron chi connectivity index (χ1n) is 5.29. The number of carbonyl (C=O) groups excluding carboxylic acids is 1. The van der Waals surface area contributed by atoms with Crippen LogP contribution in [0.2, 0.25) is 0 Å². The van der Waals surface area contributed by atoms with Crippen LogP contribution < -0.4 is 5.32 Å². The molecule has 0 atom stereocenters. The van der Waals surface area contributed by atoms with Crippen molar-refractivity contribution in [1.82, 2.24) is 5.32 Å². The van der Waals surface area contributed by atoms with Crippen LogP contribution in [0.15, 0.2) is 30.5 Å². The van der Waals surface area contributed by atoms with E-state index >= 15 is 0 Å². The Bertz CT molecular complexity index is 396. The molecule has 1 aromatic carbocycles. The van der Waals surface area contributed by atoms with Crippen LogP contribution in [0.1, 0.15) is 18.1 Å². The van der Waals surface area contributed by atoms with E-state index in [9.17, 15) is 4.79 Å². The van der Waals surface area contributed by atoms with Gasteiger partial charge in [0.25, 0.3) is 0 Å². The van der Waals surface area contributed by atoms with E-state index in [-0.39, 0.29) is 12.7 Å². The molecule has 0 aliphatic rings. The van der Waals surface area contributed by atoms with E-state index in [1.807, 2.05) is 31.2 Å². The number of amides is 1. The van der Waals surface area contributed by atoms with Crippen molar-refractivity contribution in [3.63, 3.8) is 0 Å². The van der Waals surface area contributed by atoms with Crippen LogP contribution >= 0.6 is 0 Å². The molecule has 0 aliphatic heterocycles. The molecule has 0 bridgehead atoms. The van der Waals surface area contributed by atoms with Crippen LogP contribution in [-0.2, 0) is 14.3 Å². The maximum atomic E-state index is 11.1. The molecular formula is C13H17NO3. The van der Waals surface area contributed by atoms with Gasteiger partial charge in [-0.05, 0) is 6.92 Å². The van der Waals surface area contributed by atoms with Crippen molar-refractivity contribution in [1.29, 1.82) is 0 Å². The zero-order valence-corrected chi connectivity index (χ0v) is 10.3. The lowest BCUT2D eigenvalue weighted by Crippen LogP contribution is -2.18. The molecular weight excluding hydrogens is 218 g/mol. The minimum absolute atomic E-state index is 0.141. The monoisotopic (exact) mass is 235 g/mol. The van der Waals surface area contributed by atoms with Crippen LogP contribution in [-0.4, -0.2) is 19.8 Å². The van der Waals surface area contributed by atoms with Crippen molar-refractivity contribution in [2.24, 2.45) is 0 Å². The Morgan fingerprint density at radius 1 is 1.35 bits per heavy atom. The Labute approximate surface area is 101 Å². The molecule has 92 valence electrons. The quantitative estimate of drug-likeness (QED) is 0.482. The standard InChI is InChI=1S/C13H17NO3/c1-10-4-6-12(7-5-10)13(14-11(2)15)8-17-9-16-3/h4-8H,9H2,1-3H3,(H,14,15)/b13-8-. The average Bonchev–Trinajstić information content (AvgIpc) is 2.28. The zero-order valence-electron chi connectivity index (χ0n) is 10.3. The summed E-state index contributed by atoms with van der Waals surface area (Å²) in [5.74, 6) is -0.141. The van der Waals surface area contributed by atoms with E-state index in [2.05, 4.69) is 5.32 Å². The van der Waals surface area contributed by atoms with Crippen LogP contribution in [0.5, 0.6) is 0 Å². The molecule has 0 saturated carbocycles. The van der Waals surface area contributed by atoms with Gasteiger partial charge in [0, 0.05) is 19.6 Å². The van der Waals surface area contributed by atoms with Gasteiger partial charge in [-0.3, -0.25) is 4.79 Å². The summed E-state index contributed by atoms with van der Waals surface area (Å²) in [6, 6.07) is 7.79. The fourth-order valence-electron chi connectivity index (χ4n) is 1.28. The van der Waals surface area contributed by atoms with Gasteiger partial charge in [0.1, 0.15) is 6.26 Å². The molecule has 1 amide bonds. The molecule has 0 unspecified atom stereocenters. The average molecular weight is 235 g/mol. The van der Waals surface area contributed by atoms with E-state index in [0.29, 0.717) is 5.70 Å². The van der Waals surface area contributed by atoms with Crippen molar-refractivity contribution in [3.05, 3.63) is 41.7 Å². The number of aryl methyl sites for hydroxylation is 1. The number of nitrogens with one attached hydrogen (secondary N) is 1. The number of hydrogen-bond acceptors (Lipinski definition) is 3. The van der Waals surface area contributed by atoms with E-state index in [1.54, 1.807) is 0 Å². The SMILES string of the molecule is COCO/C=C(\NC(C)=O)c1ccc(C)cc1. The lowest BCUT2D eigenvalue weighted by Gasteiger charge is -2.09. The lowest BCUT2D eigenvalue weighted by molar-refractivity contribution is -0.117. The second-order valence-electron chi connectivity index (χ2n) is 3.65. The fraction of sp³-hybridized carbons (Fsp3) is 0.308. The van der Waals surface area contributed by atoms with Crippen LogP contribution in [0.25, 0.3) is 5.70 Å². The van der Waals surface area contributed by atoms with Gasteiger partial charge < -0.3 is 14.8 Å². The van der Waals surface area contributed by atoms with E-state index in [0.717, 1.165) is 11.1 Å². The normalized spacial score (nSPS) is 11.1. The Hall–Kier alpha value is -1.81. The third kappa shape index (κ3) is 4.70. The molecule has 1 rings (SSSR count). The Morgan fingerprint density at radius 2 is 2.00 bits per heavy atom. The zero-order chi connectivity index (χ0) is 12.7. The highest BCUT2D eigenvalue weighted by Gasteiger charge is 2.03. The van der Waals surface area contributed by atoms with Crippen molar-refractivity contribution in [2.75, 3.05) is 13.9 Å².